The van der Waals surface area contributed by atoms with Crippen LogP contribution in [0.5, 0.6) is 0 Å². The van der Waals surface area contributed by atoms with Gasteiger partial charge in [0, 0.05) is 29.0 Å². The summed E-state index contributed by atoms with van der Waals surface area (Å²) >= 11 is 1.70. The van der Waals surface area contributed by atoms with Crippen molar-refractivity contribution in [2.45, 2.75) is 27.9 Å². The van der Waals surface area contributed by atoms with Gasteiger partial charge in [-0.15, -0.1) is 11.8 Å². The molecule has 7 heteroatoms. The highest BCUT2D eigenvalue weighted by molar-refractivity contribution is 8.00. The number of thioether (sulfide) groups is 1. The van der Waals surface area contributed by atoms with E-state index in [1.807, 2.05) is 0 Å². The molecule has 0 aliphatic carbocycles. The first-order chi connectivity index (χ1) is 9.03. The van der Waals surface area contributed by atoms with Crippen LogP contribution in [0.15, 0.2) is 28.0 Å². The Morgan fingerprint density at radius 2 is 2.05 bits per heavy atom. The molecule has 2 rings (SSSR count). The third kappa shape index (κ3) is 3.62. The average Bonchev–Trinajstić information content (AvgIpc) is 2.42. The van der Waals surface area contributed by atoms with Crippen molar-refractivity contribution >= 4 is 27.5 Å². The van der Waals surface area contributed by atoms with E-state index in [1.165, 1.54) is 13.1 Å². The molecule has 106 valence electrons. The van der Waals surface area contributed by atoms with Crippen LogP contribution in [0.1, 0.15) is 12.8 Å². The van der Waals surface area contributed by atoms with Crippen molar-refractivity contribution in [2.24, 2.45) is 0 Å². The van der Waals surface area contributed by atoms with Gasteiger partial charge in [-0.2, -0.15) is 0 Å². The Labute approximate surface area is 118 Å². The molecule has 1 aliphatic rings. The summed E-state index contributed by atoms with van der Waals surface area (Å²) in [6, 6.07) is 4.87. The average molecular weight is 302 g/mol. The molecule has 0 radical (unpaired) electrons. The fourth-order valence-corrected chi connectivity index (χ4v) is 3.79. The lowest BCUT2D eigenvalue weighted by Crippen LogP contribution is -2.19. The van der Waals surface area contributed by atoms with Crippen LogP contribution in [-0.4, -0.2) is 33.9 Å². The Morgan fingerprint density at radius 1 is 1.37 bits per heavy atom. The van der Waals surface area contributed by atoms with Crippen LogP contribution < -0.4 is 10.5 Å². The molecule has 1 aromatic rings. The molecule has 0 saturated carbocycles. The van der Waals surface area contributed by atoms with E-state index in [9.17, 15) is 8.42 Å². The molecule has 0 bridgehead atoms. The zero-order valence-corrected chi connectivity index (χ0v) is 12.4. The monoisotopic (exact) mass is 302 g/mol. The summed E-state index contributed by atoms with van der Waals surface area (Å²) in [4.78, 5) is 1.13. The van der Waals surface area contributed by atoms with Gasteiger partial charge in [0.25, 0.3) is 0 Å². The highest BCUT2D eigenvalue weighted by atomic mass is 32.2. The first-order valence-electron chi connectivity index (χ1n) is 6.10. The number of nitrogens with one attached hydrogen (secondary N) is 1. The van der Waals surface area contributed by atoms with Crippen molar-refractivity contribution in [1.82, 2.24) is 4.72 Å². The molecular weight excluding hydrogens is 284 g/mol. The summed E-state index contributed by atoms with van der Waals surface area (Å²) in [5.41, 5.74) is 6.45. The van der Waals surface area contributed by atoms with Gasteiger partial charge in [0.2, 0.25) is 10.0 Å². The number of rotatable bonds is 4. The Balaban J connectivity index is 2.15. The van der Waals surface area contributed by atoms with Gasteiger partial charge in [0.15, 0.2) is 0 Å². The molecule has 3 N–H and O–H groups in total. The van der Waals surface area contributed by atoms with Gasteiger partial charge in [0.05, 0.1) is 4.90 Å². The molecule has 1 heterocycles. The van der Waals surface area contributed by atoms with Crippen LogP contribution in [0.2, 0.25) is 0 Å². The number of hydrogen-bond acceptors (Lipinski definition) is 5. The molecule has 1 fully saturated rings. The van der Waals surface area contributed by atoms with E-state index < -0.39 is 10.0 Å². The second kappa shape index (κ2) is 6.13. The van der Waals surface area contributed by atoms with Crippen LogP contribution in [0.4, 0.5) is 5.69 Å². The SMILES string of the molecule is CNS(=O)(=O)c1ccc(SC2CCOCC2)c(N)c1. The summed E-state index contributed by atoms with van der Waals surface area (Å²) in [6.45, 7) is 1.56. The maximum absolute atomic E-state index is 11.7. The highest BCUT2D eigenvalue weighted by Gasteiger charge is 2.18. The summed E-state index contributed by atoms with van der Waals surface area (Å²) in [5.74, 6) is 0. The van der Waals surface area contributed by atoms with E-state index in [1.54, 1.807) is 23.9 Å². The van der Waals surface area contributed by atoms with Crippen LogP contribution in [-0.2, 0) is 14.8 Å². The number of nitrogen functional groups attached to an aromatic ring is 1. The van der Waals surface area contributed by atoms with Gasteiger partial charge in [-0.25, -0.2) is 13.1 Å². The number of hydrogen-bond donors (Lipinski definition) is 2. The number of sulfonamides is 1. The van der Waals surface area contributed by atoms with Crippen molar-refractivity contribution in [3.8, 4) is 0 Å². The van der Waals surface area contributed by atoms with E-state index >= 15 is 0 Å². The van der Waals surface area contributed by atoms with Crippen molar-refractivity contribution in [2.75, 3.05) is 26.0 Å². The fraction of sp³-hybridized carbons (Fsp3) is 0.500. The molecule has 5 nitrogen and oxygen atoms in total. The number of nitrogens with two attached hydrogens (primary N) is 1. The van der Waals surface area contributed by atoms with Crippen LogP contribution in [0.3, 0.4) is 0 Å². The molecule has 19 heavy (non-hydrogen) atoms. The number of benzene rings is 1. The second-order valence-electron chi connectivity index (χ2n) is 4.34. The van der Waals surface area contributed by atoms with Crippen molar-refractivity contribution in [1.29, 1.82) is 0 Å². The van der Waals surface area contributed by atoms with Gasteiger partial charge < -0.3 is 10.5 Å². The molecular formula is C12H18N2O3S2. The number of anilines is 1. The molecule has 0 unspecified atom stereocenters. The molecule has 0 spiro atoms. The van der Waals surface area contributed by atoms with Gasteiger partial charge in [-0.1, -0.05) is 0 Å². The number of ether oxygens (including phenoxy) is 1. The molecule has 1 aromatic carbocycles. The largest absolute Gasteiger partial charge is 0.398 e. The summed E-state index contributed by atoms with van der Waals surface area (Å²) in [7, 11) is -2.04. The topological polar surface area (TPSA) is 81.4 Å². The van der Waals surface area contributed by atoms with E-state index in [2.05, 4.69) is 4.72 Å². The van der Waals surface area contributed by atoms with Gasteiger partial charge in [-0.3, -0.25) is 0 Å². The minimum atomic E-state index is -3.43. The van der Waals surface area contributed by atoms with Gasteiger partial charge >= 0.3 is 0 Å². The quantitative estimate of drug-likeness (QED) is 0.823. The van der Waals surface area contributed by atoms with Crippen molar-refractivity contribution in [3.05, 3.63) is 18.2 Å². The summed E-state index contributed by atoms with van der Waals surface area (Å²) < 4.78 is 30.9. The third-order valence-corrected chi connectivity index (χ3v) is 5.86. The lowest BCUT2D eigenvalue weighted by atomic mass is 10.2. The molecule has 1 aliphatic heterocycles. The van der Waals surface area contributed by atoms with E-state index in [0.29, 0.717) is 10.9 Å². The summed E-state index contributed by atoms with van der Waals surface area (Å²) in [5, 5.41) is 0.489. The van der Waals surface area contributed by atoms with E-state index in [4.69, 9.17) is 10.5 Å². The maximum atomic E-state index is 11.7. The predicted octanol–water partition coefficient (Wildman–Crippen LogP) is 1.45. The molecule has 0 amide bonds. The Hall–Kier alpha value is -0.760. The van der Waals surface area contributed by atoms with E-state index in [0.717, 1.165) is 31.0 Å². The lowest BCUT2D eigenvalue weighted by Gasteiger charge is -2.22. The highest BCUT2D eigenvalue weighted by Crippen LogP contribution is 2.34. The zero-order valence-electron chi connectivity index (χ0n) is 10.8. The normalized spacial score (nSPS) is 17.5. The first kappa shape index (κ1) is 14.6. The van der Waals surface area contributed by atoms with Crippen LogP contribution in [0, 0.1) is 0 Å². The standard InChI is InChI=1S/C12H18N2O3S2/c1-14-19(15,16)10-2-3-12(11(13)8-10)18-9-4-6-17-7-5-9/h2-3,8-9,14H,4-7,13H2,1H3. The smallest absolute Gasteiger partial charge is 0.240 e. The van der Waals surface area contributed by atoms with E-state index in [-0.39, 0.29) is 4.90 Å². The van der Waals surface area contributed by atoms with Crippen molar-refractivity contribution < 1.29 is 13.2 Å². The van der Waals surface area contributed by atoms with Crippen LogP contribution in [0.25, 0.3) is 0 Å². The second-order valence-corrected chi connectivity index (χ2v) is 7.57. The van der Waals surface area contributed by atoms with Gasteiger partial charge in [-0.05, 0) is 38.1 Å². The third-order valence-electron chi connectivity index (χ3n) is 3.02. The Bertz CT molecular complexity index is 540. The molecule has 1 saturated heterocycles. The van der Waals surface area contributed by atoms with Crippen LogP contribution >= 0.6 is 11.8 Å². The Kier molecular flexibility index (Phi) is 4.72. The fourth-order valence-electron chi connectivity index (χ4n) is 1.89. The van der Waals surface area contributed by atoms with Gasteiger partial charge in [0.1, 0.15) is 0 Å². The zero-order chi connectivity index (χ0) is 13.9. The Morgan fingerprint density at radius 3 is 2.63 bits per heavy atom. The first-order valence-corrected chi connectivity index (χ1v) is 8.46. The lowest BCUT2D eigenvalue weighted by molar-refractivity contribution is 0.100. The predicted molar refractivity (Wildman–Crippen MR) is 76.8 cm³/mol. The van der Waals surface area contributed by atoms with Crippen molar-refractivity contribution in [3.63, 3.8) is 0 Å². The minimum absolute atomic E-state index is 0.198. The molecule has 0 atom stereocenters. The molecule has 0 aromatic heterocycles. The summed E-state index contributed by atoms with van der Waals surface area (Å²) in [6.07, 6.45) is 2.00. The minimum Gasteiger partial charge on any atom is -0.398 e. The maximum Gasteiger partial charge on any atom is 0.240 e.